The van der Waals surface area contributed by atoms with Crippen LogP contribution in [0.5, 0.6) is 5.75 Å². The zero-order valence-electron chi connectivity index (χ0n) is 12.8. The number of nitrogens with zero attached hydrogens (tertiary/aromatic N) is 1. The quantitative estimate of drug-likeness (QED) is 0.627. The maximum atomic E-state index is 12.2. The Morgan fingerprint density at radius 3 is 2.78 bits per heavy atom. The van der Waals surface area contributed by atoms with Crippen LogP contribution in [0.4, 0.5) is 0 Å². The number of aliphatic carboxylic acids is 1. The highest BCUT2D eigenvalue weighted by Gasteiger charge is 2.30. The Hall–Kier alpha value is -1.86. The minimum Gasteiger partial charge on any atom is -0.479 e. The number of carboxylic acids is 1. The molecule has 1 saturated heterocycles. The second-order valence-corrected chi connectivity index (χ2v) is 6.53. The van der Waals surface area contributed by atoms with Gasteiger partial charge in [0, 0.05) is 6.54 Å². The van der Waals surface area contributed by atoms with Gasteiger partial charge in [-0.15, -0.1) is 0 Å². The second-order valence-electron chi connectivity index (χ2n) is 4.85. The third kappa shape index (κ3) is 4.11. The van der Waals surface area contributed by atoms with E-state index < -0.39 is 12.1 Å². The number of ether oxygens (including phenoxy) is 1. The van der Waals surface area contributed by atoms with E-state index in [-0.39, 0.29) is 5.91 Å². The summed E-state index contributed by atoms with van der Waals surface area (Å²) < 4.78 is 6.01. The van der Waals surface area contributed by atoms with Crippen molar-refractivity contribution in [2.75, 3.05) is 6.54 Å². The number of thioether (sulfide) groups is 1. The highest BCUT2D eigenvalue weighted by Crippen LogP contribution is 2.32. The van der Waals surface area contributed by atoms with E-state index in [4.69, 9.17) is 22.1 Å². The number of hydrogen-bond acceptors (Lipinski definition) is 5. The number of benzene rings is 1. The Bertz CT molecular complexity index is 672. The van der Waals surface area contributed by atoms with Crippen LogP contribution >= 0.6 is 24.0 Å². The molecule has 1 N–H and O–H groups in total. The van der Waals surface area contributed by atoms with E-state index >= 15 is 0 Å². The number of carbonyl (C=O) groups excluding carboxylic acids is 1. The lowest BCUT2D eigenvalue weighted by molar-refractivity contribution is -0.145. The molecule has 1 heterocycles. The van der Waals surface area contributed by atoms with Crippen molar-refractivity contribution < 1.29 is 19.4 Å². The molecule has 1 aromatic rings. The average molecular weight is 351 g/mol. The van der Waals surface area contributed by atoms with Gasteiger partial charge < -0.3 is 9.84 Å². The molecule has 2 rings (SSSR count). The van der Waals surface area contributed by atoms with Crippen molar-refractivity contribution in [2.24, 2.45) is 0 Å². The van der Waals surface area contributed by atoms with Gasteiger partial charge in [0.25, 0.3) is 5.91 Å². The lowest BCUT2D eigenvalue weighted by Crippen LogP contribution is -2.27. The lowest BCUT2D eigenvalue weighted by atomic mass is 10.2. The molecule has 1 unspecified atom stereocenters. The van der Waals surface area contributed by atoms with Gasteiger partial charge in [-0.1, -0.05) is 43.0 Å². The highest BCUT2D eigenvalue weighted by molar-refractivity contribution is 8.26. The van der Waals surface area contributed by atoms with E-state index in [0.717, 1.165) is 5.56 Å². The van der Waals surface area contributed by atoms with Crippen LogP contribution in [0.3, 0.4) is 0 Å². The molecule has 1 atom stereocenters. The van der Waals surface area contributed by atoms with Crippen LogP contribution in [0.2, 0.25) is 0 Å². The minimum atomic E-state index is -0.998. The predicted molar refractivity (Wildman–Crippen MR) is 94.3 cm³/mol. The summed E-state index contributed by atoms with van der Waals surface area (Å²) in [6, 6.07) is 6.99. The van der Waals surface area contributed by atoms with E-state index in [9.17, 15) is 9.59 Å². The van der Waals surface area contributed by atoms with Crippen molar-refractivity contribution in [3.63, 3.8) is 0 Å². The Balaban J connectivity index is 2.20. The van der Waals surface area contributed by atoms with Crippen molar-refractivity contribution in [1.29, 1.82) is 0 Å². The monoisotopic (exact) mass is 351 g/mol. The predicted octanol–water partition coefficient (Wildman–Crippen LogP) is 3.15. The van der Waals surface area contributed by atoms with Gasteiger partial charge in [-0.2, -0.15) is 0 Å². The third-order valence-electron chi connectivity index (χ3n) is 3.27. The van der Waals surface area contributed by atoms with Crippen LogP contribution in [0.25, 0.3) is 6.08 Å². The van der Waals surface area contributed by atoms with Crippen LogP contribution in [-0.4, -0.2) is 38.9 Å². The van der Waals surface area contributed by atoms with Crippen molar-refractivity contribution in [3.8, 4) is 5.75 Å². The molecule has 1 aliphatic rings. The average Bonchev–Trinajstić information content (AvgIpc) is 2.78. The molecule has 1 fully saturated rings. The number of thiocarbonyl (C=S) groups is 1. The van der Waals surface area contributed by atoms with Crippen molar-refractivity contribution >= 4 is 46.3 Å². The molecule has 0 aliphatic carbocycles. The minimum absolute atomic E-state index is 0.106. The molecule has 7 heteroatoms. The van der Waals surface area contributed by atoms with Crippen LogP contribution in [-0.2, 0) is 9.59 Å². The Labute approximate surface area is 144 Å². The SMILES string of the molecule is CCC(Oc1cccc(/C=C2/SC(=S)N(CC)C2=O)c1)C(=O)O. The summed E-state index contributed by atoms with van der Waals surface area (Å²) in [6.07, 6.45) is 1.22. The van der Waals surface area contributed by atoms with Gasteiger partial charge in [0.1, 0.15) is 10.1 Å². The molecule has 1 aromatic carbocycles. The first-order valence-corrected chi connectivity index (χ1v) is 8.43. The van der Waals surface area contributed by atoms with Gasteiger partial charge in [-0.3, -0.25) is 9.69 Å². The van der Waals surface area contributed by atoms with Crippen molar-refractivity contribution in [2.45, 2.75) is 26.4 Å². The molecule has 1 aliphatic heterocycles. The smallest absolute Gasteiger partial charge is 0.344 e. The molecule has 5 nitrogen and oxygen atoms in total. The fourth-order valence-electron chi connectivity index (χ4n) is 2.07. The first-order valence-electron chi connectivity index (χ1n) is 7.21. The third-order valence-corrected chi connectivity index (χ3v) is 4.65. The van der Waals surface area contributed by atoms with E-state index in [0.29, 0.717) is 27.9 Å². The number of carboxylic acid groups (broad SMARTS) is 1. The molecule has 122 valence electrons. The summed E-state index contributed by atoms with van der Waals surface area (Å²) in [4.78, 5) is 25.3. The maximum Gasteiger partial charge on any atom is 0.344 e. The fraction of sp³-hybridized carbons (Fsp3) is 0.312. The van der Waals surface area contributed by atoms with Gasteiger partial charge in [0.15, 0.2) is 6.10 Å². The van der Waals surface area contributed by atoms with Gasteiger partial charge in [0.05, 0.1) is 4.91 Å². The van der Waals surface area contributed by atoms with Gasteiger partial charge in [-0.25, -0.2) is 4.79 Å². The largest absolute Gasteiger partial charge is 0.479 e. The number of carbonyl (C=O) groups is 2. The standard InChI is InChI=1S/C16H17NO4S2/c1-3-12(15(19)20)21-11-7-5-6-10(8-11)9-13-14(18)17(4-2)16(22)23-13/h5-9,12H,3-4H2,1-2H3,(H,19,20)/b13-9+. The zero-order chi connectivity index (χ0) is 17.0. The van der Waals surface area contributed by atoms with Crippen molar-refractivity contribution in [3.05, 3.63) is 34.7 Å². The number of likely N-dealkylation sites (N-methyl/N-ethyl adjacent to an activating group) is 1. The van der Waals surface area contributed by atoms with Gasteiger partial charge in [-0.05, 0) is 37.1 Å². The van der Waals surface area contributed by atoms with Crippen LogP contribution in [0.15, 0.2) is 29.2 Å². The molecule has 0 saturated carbocycles. The maximum absolute atomic E-state index is 12.2. The fourth-order valence-corrected chi connectivity index (χ4v) is 3.46. The van der Waals surface area contributed by atoms with Crippen LogP contribution in [0, 0.1) is 0 Å². The Kier molecular flexibility index (Phi) is 5.79. The number of hydrogen-bond donors (Lipinski definition) is 1. The summed E-state index contributed by atoms with van der Waals surface area (Å²) >= 11 is 6.44. The molecule has 0 bridgehead atoms. The molecular weight excluding hydrogens is 334 g/mol. The molecule has 0 spiro atoms. The summed E-state index contributed by atoms with van der Waals surface area (Å²) in [5.74, 6) is -0.647. The normalized spacial score (nSPS) is 17.7. The topological polar surface area (TPSA) is 66.8 Å². The van der Waals surface area contributed by atoms with E-state index in [1.165, 1.54) is 11.8 Å². The van der Waals surface area contributed by atoms with E-state index in [1.807, 2.05) is 13.0 Å². The first kappa shape index (κ1) is 17.5. The number of amides is 1. The molecular formula is C16H17NO4S2. The Morgan fingerprint density at radius 2 is 2.22 bits per heavy atom. The van der Waals surface area contributed by atoms with Gasteiger partial charge >= 0.3 is 5.97 Å². The molecule has 0 radical (unpaired) electrons. The molecule has 23 heavy (non-hydrogen) atoms. The summed E-state index contributed by atoms with van der Waals surface area (Å²) in [7, 11) is 0. The van der Waals surface area contributed by atoms with Crippen LogP contribution < -0.4 is 4.74 Å². The zero-order valence-corrected chi connectivity index (χ0v) is 14.4. The summed E-state index contributed by atoms with van der Waals surface area (Å²) in [5.41, 5.74) is 0.763. The van der Waals surface area contributed by atoms with Gasteiger partial charge in [0.2, 0.25) is 0 Å². The van der Waals surface area contributed by atoms with Crippen molar-refractivity contribution in [1.82, 2.24) is 4.90 Å². The summed E-state index contributed by atoms with van der Waals surface area (Å²) in [5, 5.41) is 9.05. The molecule has 1 amide bonds. The van der Waals surface area contributed by atoms with Crippen LogP contribution in [0.1, 0.15) is 25.8 Å². The van der Waals surface area contributed by atoms with E-state index in [2.05, 4.69) is 0 Å². The lowest BCUT2D eigenvalue weighted by Gasteiger charge is -2.13. The first-order chi connectivity index (χ1) is 11.0. The second kappa shape index (κ2) is 7.61. The summed E-state index contributed by atoms with van der Waals surface area (Å²) in [6.45, 7) is 4.17. The number of rotatable bonds is 6. The molecule has 0 aromatic heterocycles. The highest BCUT2D eigenvalue weighted by atomic mass is 32.2. The van der Waals surface area contributed by atoms with E-state index in [1.54, 1.807) is 36.1 Å². The Morgan fingerprint density at radius 1 is 1.48 bits per heavy atom.